The third-order valence-corrected chi connectivity index (χ3v) is 12.3. The number of aromatic hydroxyl groups is 1. The monoisotopic (exact) mass is 887 g/mol. The van der Waals surface area contributed by atoms with Gasteiger partial charge in [0.15, 0.2) is 5.78 Å². The standard InChI is InChI=1S/C53H53N5O8/c1-65-49-28-38(15-16-39(49)29-54-32-48(61)43-18-21-47(60)51-44(43)19-22-50(62)57-51)46(59)20-17-42-30-55-31-45(56-42)37-11-8-14-41(27-37)53(64,40-12-6-3-7-13-40)52(63)66-34-36-23-25-58(26-24-36)33-35-9-4-2-5-10-35/h2-16,18-19,21-22,27-28,30-31,36,48,54,60-61,64H,17,20,23-26,29,32-34H2,1H3,(H,57,62)/t48-,53-/m0/s1. The number of rotatable bonds is 18. The quantitative estimate of drug-likeness (QED) is 0.0438. The predicted octanol–water partition coefficient (Wildman–Crippen LogP) is 7.03. The highest BCUT2D eigenvalue weighted by Gasteiger charge is 2.42. The Kier molecular flexibility index (Phi) is 14.4. The fraction of sp³-hybridized carbons (Fsp3) is 0.264. The summed E-state index contributed by atoms with van der Waals surface area (Å²) in [6.45, 7) is 3.42. The van der Waals surface area contributed by atoms with Crippen molar-refractivity contribution in [2.24, 2.45) is 5.92 Å². The number of phenols is 1. The number of fused-ring (bicyclic) bond motifs is 1. The molecule has 0 bridgehead atoms. The van der Waals surface area contributed by atoms with Crippen LogP contribution in [0, 0.1) is 5.92 Å². The number of piperidine rings is 1. The van der Waals surface area contributed by atoms with Gasteiger partial charge in [0, 0.05) is 66.0 Å². The van der Waals surface area contributed by atoms with Crippen LogP contribution in [0.4, 0.5) is 0 Å². The first-order valence-corrected chi connectivity index (χ1v) is 22.2. The summed E-state index contributed by atoms with van der Waals surface area (Å²) in [6, 6.07) is 37.5. The van der Waals surface area contributed by atoms with Crippen molar-refractivity contribution in [2.75, 3.05) is 33.4 Å². The van der Waals surface area contributed by atoms with Crippen molar-refractivity contribution in [1.82, 2.24) is 25.2 Å². The molecule has 1 aliphatic rings. The number of aromatic amines is 1. The first-order chi connectivity index (χ1) is 32.1. The number of carbonyl (C=O) groups excluding carboxylic acids is 2. The Bertz CT molecular complexity index is 2850. The number of ether oxygens (including phenoxy) is 2. The number of aliphatic hydroxyl groups excluding tert-OH is 1. The van der Waals surface area contributed by atoms with E-state index in [2.05, 4.69) is 44.5 Å². The number of methoxy groups -OCH3 is 1. The number of aryl methyl sites for hydroxylation is 1. The van der Waals surface area contributed by atoms with Gasteiger partial charge in [0.25, 0.3) is 0 Å². The number of nitrogens with one attached hydrogen (secondary N) is 2. The van der Waals surface area contributed by atoms with Crippen molar-refractivity contribution in [3.05, 3.63) is 189 Å². The summed E-state index contributed by atoms with van der Waals surface area (Å²) in [6.07, 6.45) is 4.54. The second kappa shape index (κ2) is 20.9. The zero-order valence-electron chi connectivity index (χ0n) is 36.7. The SMILES string of the molecule is COc1cc(C(=O)CCc2cncc(-c3cccc([C@](O)(C(=O)OCC4CCN(Cc5ccccc5)CC4)c4ccccc4)c3)n2)ccc1CNC[C@H](O)c1ccc(O)c2[nH]c(=O)ccc12. The van der Waals surface area contributed by atoms with Gasteiger partial charge in [-0.3, -0.25) is 19.5 Å². The number of carbonyl (C=O) groups is 2. The van der Waals surface area contributed by atoms with E-state index in [4.69, 9.17) is 14.5 Å². The lowest BCUT2D eigenvalue weighted by Crippen LogP contribution is -2.40. The second-order valence-electron chi connectivity index (χ2n) is 16.7. The lowest BCUT2D eigenvalue weighted by Gasteiger charge is -2.33. The predicted molar refractivity (Wildman–Crippen MR) is 251 cm³/mol. The van der Waals surface area contributed by atoms with Gasteiger partial charge in [-0.15, -0.1) is 0 Å². The number of esters is 1. The molecule has 0 radical (unpaired) electrons. The minimum atomic E-state index is -2.08. The molecule has 1 saturated heterocycles. The molecule has 0 aliphatic carbocycles. The molecule has 7 aromatic rings. The van der Waals surface area contributed by atoms with Crippen LogP contribution < -0.4 is 15.6 Å². The van der Waals surface area contributed by atoms with Gasteiger partial charge in [-0.1, -0.05) is 97.1 Å². The van der Waals surface area contributed by atoms with E-state index < -0.39 is 17.7 Å². The van der Waals surface area contributed by atoms with Gasteiger partial charge >= 0.3 is 5.97 Å². The summed E-state index contributed by atoms with van der Waals surface area (Å²) in [5.74, 6) is -0.240. The number of aliphatic hydroxyl groups is 2. The fourth-order valence-corrected chi connectivity index (χ4v) is 8.56. The maximum atomic E-state index is 14.0. The summed E-state index contributed by atoms with van der Waals surface area (Å²) in [5.41, 5.74) is 3.38. The lowest BCUT2D eigenvalue weighted by molar-refractivity contribution is -0.164. The highest BCUT2D eigenvalue weighted by atomic mass is 16.5. The summed E-state index contributed by atoms with van der Waals surface area (Å²) in [5, 5.41) is 37.3. The largest absolute Gasteiger partial charge is 0.506 e. The molecule has 0 spiro atoms. The number of ketones is 1. The zero-order valence-corrected chi connectivity index (χ0v) is 36.7. The normalized spacial score (nSPS) is 14.7. The van der Waals surface area contributed by atoms with Crippen molar-refractivity contribution >= 4 is 22.7 Å². The summed E-state index contributed by atoms with van der Waals surface area (Å²) >= 11 is 0. The van der Waals surface area contributed by atoms with Gasteiger partial charge < -0.3 is 35.1 Å². The van der Waals surface area contributed by atoms with Crippen molar-refractivity contribution in [1.29, 1.82) is 0 Å². The van der Waals surface area contributed by atoms with E-state index in [0.717, 1.165) is 38.0 Å². The van der Waals surface area contributed by atoms with E-state index in [9.17, 15) is 29.7 Å². The third-order valence-electron chi connectivity index (χ3n) is 12.3. The summed E-state index contributed by atoms with van der Waals surface area (Å²) < 4.78 is 11.6. The molecule has 3 heterocycles. The minimum absolute atomic E-state index is 0.0824. The van der Waals surface area contributed by atoms with Gasteiger partial charge in [0.1, 0.15) is 11.5 Å². The van der Waals surface area contributed by atoms with Crippen LogP contribution in [0.1, 0.15) is 69.2 Å². The second-order valence-corrected chi connectivity index (χ2v) is 16.7. The lowest BCUT2D eigenvalue weighted by atomic mass is 9.85. The van der Waals surface area contributed by atoms with Crippen LogP contribution in [-0.4, -0.2) is 80.3 Å². The number of hydrogen-bond donors (Lipinski definition) is 5. The Labute approximate surface area is 382 Å². The number of benzene rings is 5. The Balaban J connectivity index is 0.887. The molecule has 2 atom stereocenters. The van der Waals surface area contributed by atoms with E-state index in [-0.39, 0.29) is 48.1 Å². The van der Waals surface area contributed by atoms with Crippen LogP contribution in [0.25, 0.3) is 22.2 Å². The van der Waals surface area contributed by atoms with Crippen molar-refractivity contribution in [3.63, 3.8) is 0 Å². The average molecular weight is 888 g/mol. The molecule has 8 rings (SSSR count). The third kappa shape index (κ3) is 10.6. The first kappa shape index (κ1) is 45.5. The highest BCUT2D eigenvalue weighted by molar-refractivity contribution is 5.96. The number of aromatic nitrogens is 3. The topological polar surface area (TPSA) is 187 Å². The molecule has 0 unspecified atom stereocenters. The number of Topliss-reactive ketones (excluding diaryl/α,β-unsaturated/α-hetero) is 1. The van der Waals surface area contributed by atoms with Gasteiger partial charge in [0.05, 0.1) is 42.9 Å². The number of phenolic OH excluding ortho intramolecular Hbond substituents is 1. The van der Waals surface area contributed by atoms with Crippen molar-refractivity contribution in [3.8, 4) is 22.8 Å². The molecule has 0 saturated carbocycles. The molecule has 5 N–H and O–H groups in total. The number of hydrogen-bond acceptors (Lipinski definition) is 12. The van der Waals surface area contributed by atoms with Gasteiger partial charge in [-0.2, -0.15) is 0 Å². The maximum Gasteiger partial charge on any atom is 0.347 e. The average Bonchev–Trinajstić information content (AvgIpc) is 3.36. The molecule has 13 nitrogen and oxygen atoms in total. The van der Waals surface area contributed by atoms with Crippen LogP contribution >= 0.6 is 0 Å². The Morgan fingerprint density at radius 1 is 0.894 bits per heavy atom. The molecule has 2 aromatic heterocycles. The fourth-order valence-electron chi connectivity index (χ4n) is 8.56. The van der Waals surface area contributed by atoms with Crippen LogP contribution in [0.15, 0.2) is 145 Å². The van der Waals surface area contributed by atoms with Crippen LogP contribution in [0.5, 0.6) is 11.5 Å². The first-order valence-electron chi connectivity index (χ1n) is 22.2. The minimum Gasteiger partial charge on any atom is -0.506 e. The molecule has 66 heavy (non-hydrogen) atoms. The number of likely N-dealkylation sites (tertiary alicyclic amines) is 1. The molecule has 1 fully saturated rings. The van der Waals surface area contributed by atoms with Crippen LogP contribution in [0.2, 0.25) is 0 Å². The highest BCUT2D eigenvalue weighted by Crippen LogP contribution is 2.35. The van der Waals surface area contributed by atoms with Crippen molar-refractivity contribution < 1.29 is 34.4 Å². The molecule has 338 valence electrons. The van der Waals surface area contributed by atoms with E-state index in [1.54, 1.807) is 79.1 Å². The van der Waals surface area contributed by atoms with Crippen LogP contribution in [-0.2, 0) is 34.6 Å². The molecule has 13 heteroatoms. The molecule has 5 aromatic carbocycles. The number of nitrogens with zero attached hydrogens (tertiary/aromatic N) is 3. The van der Waals surface area contributed by atoms with E-state index in [0.29, 0.717) is 63.3 Å². The smallest absolute Gasteiger partial charge is 0.347 e. The Hall–Kier alpha value is -7.03. The Morgan fingerprint density at radius 2 is 1.65 bits per heavy atom. The van der Waals surface area contributed by atoms with Gasteiger partial charge in [-0.05, 0) is 79.2 Å². The van der Waals surface area contributed by atoms with E-state index in [1.165, 1.54) is 24.8 Å². The Morgan fingerprint density at radius 3 is 2.42 bits per heavy atom. The molecular weight excluding hydrogens is 835 g/mol. The van der Waals surface area contributed by atoms with Gasteiger partial charge in [0.2, 0.25) is 11.2 Å². The number of pyridine rings is 1. The van der Waals surface area contributed by atoms with Crippen molar-refractivity contribution in [2.45, 2.75) is 50.5 Å². The summed E-state index contributed by atoms with van der Waals surface area (Å²) in [7, 11) is 1.53. The molecule has 1 aliphatic heterocycles. The van der Waals surface area contributed by atoms with Crippen LogP contribution in [0.3, 0.4) is 0 Å². The maximum absolute atomic E-state index is 14.0. The van der Waals surface area contributed by atoms with Gasteiger partial charge in [-0.25, -0.2) is 9.78 Å². The number of H-pyrrole nitrogens is 1. The summed E-state index contributed by atoms with van der Waals surface area (Å²) in [4.78, 5) is 53.6. The zero-order chi connectivity index (χ0) is 46.0. The van der Waals surface area contributed by atoms with E-state index >= 15 is 0 Å². The molecule has 0 amide bonds. The molecular formula is C53H53N5O8. The van der Waals surface area contributed by atoms with E-state index in [1.807, 2.05) is 24.3 Å².